The predicted octanol–water partition coefficient (Wildman–Crippen LogP) is 3.86. The van der Waals surface area contributed by atoms with E-state index in [4.69, 9.17) is 21.1 Å². The maximum atomic E-state index is 12.9. The first-order valence-corrected chi connectivity index (χ1v) is 11.4. The first kappa shape index (κ1) is 24.9. The lowest BCUT2D eigenvalue weighted by molar-refractivity contribution is -0.123. The Morgan fingerprint density at radius 1 is 1.08 bits per heavy atom. The molecule has 0 fully saturated rings. The first-order valence-electron chi connectivity index (χ1n) is 11.1. The summed E-state index contributed by atoms with van der Waals surface area (Å²) >= 11 is 6.17. The molecule has 1 aliphatic rings. The lowest BCUT2D eigenvalue weighted by Gasteiger charge is -2.12. The number of benzene rings is 2. The molecule has 11 heteroatoms. The Balaban J connectivity index is 1.61. The number of hydrogen-bond donors (Lipinski definition) is 2. The van der Waals surface area contributed by atoms with E-state index in [1.54, 1.807) is 12.1 Å². The molecule has 0 bridgehead atoms. The van der Waals surface area contributed by atoms with Crippen LogP contribution in [0.2, 0.25) is 5.02 Å². The monoisotopic (exact) mass is 510 g/mol. The van der Waals surface area contributed by atoms with E-state index in [0.717, 1.165) is 16.8 Å². The molecule has 2 aromatic carbocycles. The molecule has 0 saturated heterocycles. The highest BCUT2D eigenvalue weighted by Gasteiger charge is 2.36. The molecule has 2 amide bonds. The average Bonchev–Trinajstić information content (AvgIpc) is 3.37. The zero-order valence-electron chi connectivity index (χ0n) is 19.8. The summed E-state index contributed by atoms with van der Waals surface area (Å²) < 4.78 is 10.9. The number of ether oxygens (including phenoxy) is 2. The summed E-state index contributed by atoms with van der Waals surface area (Å²) in [5.74, 6) is -1.77. The molecule has 36 heavy (non-hydrogen) atoms. The van der Waals surface area contributed by atoms with Crippen molar-refractivity contribution in [1.29, 1.82) is 0 Å². The fourth-order valence-electron chi connectivity index (χ4n) is 4.07. The molecule has 1 unspecified atom stereocenters. The van der Waals surface area contributed by atoms with Crippen molar-refractivity contribution in [2.24, 2.45) is 0 Å². The fourth-order valence-corrected chi connectivity index (χ4v) is 4.26. The number of aromatic nitrogens is 2. The SMILES string of the molecule is CCc1nn2c(c1-c1cccc(Cl)c1)NC(=O)C2CC(=O)Nc1cc(C(=O)OC)cc(C(=O)OC)c1. The zero-order chi connectivity index (χ0) is 26.0. The maximum absolute atomic E-state index is 12.9. The summed E-state index contributed by atoms with van der Waals surface area (Å²) in [6.07, 6.45) is 0.377. The van der Waals surface area contributed by atoms with Crippen LogP contribution in [-0.4, -0.2) is 47.8 Å². The van der Waals surface area contributed by atoms with Crippen LogP contribution in [0.5, 0.6) is 0 Å². The number of fused-ring (bicyclic) bond motifs is 1. The molecule has 186 valence electrons. The molecule has 1 aromatic heterocycles. The lowest BCUT2D eigenvalue weighted by Crippen LogP contribution is -2.24. The predicted molar refractivity (Wildman–Crippen MR) is 132 cm³/mol. The zero-order valence-corrected chi connectivity index (χ0v) is 20.5. The molecule has 4 rings (SSSR count). The molecule has 0 aliphatic carbocycles. The van der Waals surface area contributed by atoms with Crippen LogP contribution in [0.25, 0.3) is 11.1 Å². The van der Waals surface area contributed by atoms with Gasteiger partial charge in [-0.25, -0.2) is 14.3 Å². The standard InChI is InChI=1S/C25H23ClN4O6/c1-4-18-21(13-6-5-7-16(26)9-13)22-28-23(32)19(30(22)29-18)12-20(31)27-17-10-14(24(33)35-2)8-15(11-17)25(34)36-3/h5-11,19H,4,12H2,1-3H3,(H,27,31)(H,28,32). The van der Waals surface area contributed by atoms with Gasteiger partial charge in [0.05, 0.1) is 37.5 Å². The minimum absolute atomic E-state index is 0.0578. The van der Waals surface area contributed by atoms with Crippen LogP contribution < -0.4 is 10.6 Å². The van der Waals surface area contributed by atoms with Gasteiger partial charge in [-0.2, -0.15) is 5.10 Å². The summed E-state index contributed by atoms with van der Waals surface area (Å²) in [6.45, 7) is 1.95. The third kappa shape index (κ3) is 4.80. The number of amides is 2. The van der Waals surface area contributed by atoms with Gasteiger partial charge in [0.15, 0.2) is 0 Å². The van der Waals surface area contributed by atoms with Gasteiger partial charge in [0.25, 0.3) is 5.91 Å². The molecular weight excluding hydrogens is 488 g/mol. The minimum Gasteiger partial charge on any atom is -0.465 e. The fraction of sp³-hybridized carbons (Fsp3) is 0.240. The van der Waals surface area contributed by atoms with Gasteiger partial charge in [-0.05, 0) is 42.3 Å². The van der Waals surface area contributed by atoms with Gasteiger partial charge in [0.2, 0.25) is 5.91 Å². The number of esters is 2. The number of hydrogen-bond acceptors (Lipinski definition) is 7. The molecule has 3 aromatic rings. The molecule has 0 radical (unpaired) electrons. The molecule has 2 heterocycles. The summed E-state index contributed by atoms with van der Waals surface area (Å²) in [5.41, 5.74) is 2.61. The molecular formula is C25H23ClN4O6. The van der Waals surface area contributed by atoms with Gasteiger partial charge in [0.1, 0.15) is 11.9 Å². The number of halogens is 1. The average molecular weight is 511 g/mol. The van der Waals surface area contributed by atoms with E-state index >= 15 is 0 Å². The van der Waals surface area contributed by atoms with Crippen molar-refractivity contribution in [2.45, 2.75) is 25.8 Å². The Morgan fingerprint density at radius 2 is 1.75 bits per heavy atom. The van der Waals surface area contributed by atoms with Gasteiger partial charge in [-0.3, -0.25) is 9.59 Å². The van der Waals surface area contributed by atoms with Crippen LogP contribution >= 0.6 is 11.6 Å². The Morgan fingerprint density at radius 3 is 2.33 bits per heavy atom. The largest absolute Gasteiger partial charge is 0.465 e. The first-order chi connectivity index (χ1) is 17.2. The number of aryl methyl sites for hydroxylation is 1. The number of carbonyl (C=O) groups excluding carboxylic acids is 4. The molecule has 1 aliphatic heterocycles. The number of methoxy groups -OCH3 is 2. The van der Waals surface area contributed by atoms with E-state index in [-0.39, 0.29) is 29.1 Å². The van der Waals surface area contributed by atoms with E-state index in [1.807, 2.05) is 19.1 Å². The Bertz CT molecular complexity index is 1350. The van der Waals surface area contributed by atoms with Crippen LogP contribution in [-0.2, 0) is 25.5 Å². The van der Waals surface area contributed by atoms with Crippen molar-refractivity contribution in [3.8, 4) is 11.1 Å². The Kier molecular flexibility index (Phi) is 7.07. The van der Waals surface area contributed by atoms with E-state index in [9.17, 15) is 19.2 Å². The highest BCUT2D eigenvalue weighted by atomic mass is 35.5. The Labute approximate surface area is 211 Å². The second-order valence-electron chi connectivity index (χ2n) is 8.02. The summed E-state index contributed by atoms with van der Waals surface area (Å²) in [5, 5.41) is 10.6. The van der Waals surface area contributed by atoms with Crippen LogP contribution in [0.1, 0.15) is 45.8 Å². The van der Waals surface area contributed by atoms with Crippen molar-refractivity contribution in [1.82, 2.24) is 9.78 Å². The van der Waals surface area contributed by atoms with Crippen molar-refractivity contribution < 1.29 is 28.7 Å². The summed E-state index contributed by atoms with van der Waals surface area (Å²) in [4.78, 5) is 49.7. The molecule has 10 nitrogen and oxygen atoms in total. The normalized spacial score (nSPS) is 14.1. The van der Waals surface area contributed by atoms with Gasteiger partial charge in [0, 0.05) is 16.3 Å². The van der Waals surface area contributed by atoms with Crippen LogP contribution in [0.15, 0.2) is 42.5 Å². The maximum Gasteiger partial charge on any atom is 0.337 e. The van der Waals surface area contributed by atoms with Crippen LogP contribution in [0.3, 0.4) is 0 Å². The van der Waals surface area contributed by atoms with Crippen LogP contribution in [0, 0.1) is 0 Å². The second-order valence-corrected chi connectivity index (χ2v) is 8.45. The van der Waals surface area contributed by atoms with Gasteiger partial charge in [-0.15, -0.1) is 0 Å². The van der Waals surface area contributed by atoms with E-state index in [1.165, 1.54) is 37.1 Å². The van der Waals surface area contributed by atoms with Crippen molar-refractivity contribution in [2.75, 3.05) is 24.9 Å². The molecule has 0 saturated carbocycles. The van der Waals surface area contributed by atoms with Gasteiger partial charge >= 0.3 is 11.9 Å². The Hall–Kier alpha value is -4.18. The van der Waals surface area contributed by atoms with Crippen molar-refractivity contribution in [3.05, 3.63) is 64.3 Å². The third-order valence-electron chi connectivity index (χ3n) is 5.71. The molecule has 1 atom stereocenters. The number of rotatable bonds is 7. The highest BCUT2D eigenvalue weighted by molar-refractivity contribution is 6.30. The van der Waals surface area contributed by atoms with Gasteiger partial charge in [-0.1, -0.05) is 30.7 Å². The van der Waals surface area contributed by atoms with E-state index in [0.29, 0.717) is 17.3 Å². The summed E-state index contributed by atoms with van der Waals surface area (Å²) in [6, 6.07) is 10.4. The van der Waals surface area contributed by atoms with Crippen molar-refractivity contribution >= 4 is 46.9 Å². The number of nitrogens with one attached hydrogen (secondary N) is 2. The number of nitrogens with zero attached hydrogens (tertiary/aromatic N) is 2. The molecule has 2 N–H and O–H groups in total. The topological polar surface area (TPSA) is 129 Å². The van der Waals surface area contributed by atoms with Gasteiger partial charge < -0.3 is 20.1 Å². The minimum atomic E-state index is -0.887. The van der Waals surface area contributed by atoms with E-state index in [2.05, 4.69) is 15.7 Å². The quantitative estimate of drug-likeness (QED) is 0.462. The van der Waals surface area contributed by atoms with Crippen LogP contribution in [0.4, 0.5) is 11.5 Å². The third-order valence-corrected chi connectivity index (χ3v) is 5.94. The van der Waals surface area contributed by atoms with E-state index < -0.39 is 23.9 Å². The molecule has 0 spiro atoms. The summed E-state index contributed by atoms with van der Waals surface area (Å²) in [7, 11) is 2.40. The smallest absolute Gasteiger partial charge is 0.337 e. The number of anilines is 2. The lowest BCUT2D eigenvalue weighted by atomic mass is 10.0. The number of carbonyl (C=O) groups is 4. The highest BCUT2D eigenvalue weighted by Crippen LogP contribution is 2.39. The second kappa shape index (κ2) is 10.2. The van der Waals surface area contributed by atoms with Crippen molar-refractivity contribution in [3.63, 3.8) is 0 Å².